The van der Waals surface area contributed by atoms with E-state index in [1.54, 1.807) is 18.2 Å². The Hall–Kier alpha value is -2.21. The molecule has 23 heavy (non-hydrogen) atoms. The second-order valence-electron chi connectivity index (χ2n) is 4.99. The van der Waals surface area contributed by atoms with Gasteiger partial charge in [-0.15, -0.1) is 0 Å². The molecular formula is C17H16BrFN2O2. The van der Waals surface area contributed by atoms with Crippen molar-refractivity contribution in [3.8, 4) is 5.75 Å². The Morgan fingerprint density at radius 3 is 2.78 bits per heavy atom. The molecule has 0 saturated heterocycles. The topological polar surface area (TPSA) is 50.7 Å². The Balaban J connectivity index is 1.86. The number of hydrogen-bond acceptors (Lipinski definition) is 3. The van der Waals surface area contributed by atoms with Crippen LogP contribution in [0.4, 0.5) is 4.39 Å². The fourth-order valence-electron chi connectivity index (χ4n) is 1.77. The Morgan fingerprint density at radius 2 is 2.04 bits per heavy atom. The highest BCUT2D eigenvalue weighted by Crippen LogP contribution is 2.16. The van der Waals surface area contributed by atoms with Gasteiger partial charge in [0.05, 0.1) is 6.21 Å². The molecule has 0 unspecified atom stereocenters. The van der Waals surface area contributed by atoms with Crippen molar-refractivity contribution in [1.82, 2.24) is 5.43 Å². The van der Waals surface area contributed by atoms with Crippen molar-refractivity contribution in [1.29, 1.82) is 0 Å². The number of rotatable bonds is 5. The number of carbonyl (C=O) groups excluding carboxylic acids is 1. The molecule has 0 aliphatic carbocycles. The molecule has 0 radical (unpaired) electrons. The zero-order valence-electron chi connectivity index (χ0n) is 12.8. The minimum absolute atomic E-state index is 0.166. The van der Waals surface area contributed by atoms with E-state index in [-0.39, 0.29) is 12.2 Å². The number of ether oxygens (including phenoxy) is 1. The first-order valence-electron chi connectivity index (χ1n) is 6.92. The van der Waals surface area contributed by atoms with Gasteiger partial charge < -0.3 is 4.74 Å². The molecule has 0 bridgehead atoms. The molecule has 0 saturated carbocycles. The van der Waals surface area contributed by atoms with Crippen molar-refractivity contribution in [2.24, 2.45) is 5.10 Å². The first-order chi connectivity index (χ1) is 11.0. The minimum atomic E-state index is -0.421. The molecule has 1 amide bonds. The molecule has 120 valence electrons. The number of hydrazone groups is 1. The predicted octanol–water partition coefficient (Wildman–Crippen LogP) is 3.73. The maximum atomic E-state index is 13.5. The Morgan fingerprint density at radius 1 is 1.26 bits per heavy atom. The van der Waals surface area contributed by atoms with E-state index >= 15 is 0 Å². The van der Waals surface area contributed by atoms with E-state index in [9.17, 15) is 9.18 Å². The van der Waals surface area contributed by atoms with E-state index < -0.39 is 11.7 Å². The summed E-state index contributed by atoms with van der Waals surface area (Å²) in [6.45, 7) is 3.81. The monoisotopic (exact) mass is 378 g/mol. The number of amides is 1. The summed E-state index contributed by atoms with van der Waals surface area (Å²) in [5, 5.41) is 3.72. The molecule has 0 spiro atoms. The number of carbonyl (C=O) groups is 1. The van der Waals surface area contributed by atoms with Gasteiger partial charge in [0.15, 0.2) is 6.61 Å². The highest BCUT2D eigenvalue weighted by Gasteiger charge is 2.03. The van der Waals surface area contributed by atoms with Gasteiger partial charge in [-0.05, 0) is 55.3 Å². The van der Waals surface area contributed by atoms with Crippen LogP contribution in [0.3, 0.4) is 0 Å². The van der Waals surface area contributed by atoms with Crippen LogP contribution < -0.4 is 10.2 Å². The van der Waals surface area contributed by atoms with Gasteiger partial charge in [-0.2, -0.15) is 5.10 Å². The molecule has 0 fully saturated rings. The van der Waals surface area contributed by atoms with Gasteiger partial charge >= 0.3 is 0 Å². The summed E-state index contributed by atoms with van der Waals surface area (Å²) in [7, 11) is 0. The average Bonchev–Trinajstić information content (AvgIpc) is 2.52. The number of nitrogens with zero attached hydrogens (tertiary/aromatic N) is 1. The molecule has 2 aromatic carbocycles. The van der Waals surface area contributed by atoms with E-state index in [0.717, 1.165) is 15.6 Å². The lowest BCUT2D eigenvalue weighted by atomic mass is 10.1. The Bertz CT molecular complexity index is 747. The van der Waals surface area contributed by atoms with Crippen LogP contribution in [-0.4, -0.2) is 18.7 Å². The fourth-order valence-corrected chi connectivity index (χ4v) is 2.15. The molecule has 6 heteroatoms. The second-order valence-corrected chi connectivity index (χ2v) is 5.91. The summed E-state index contributed by atoms with van der Waals surface area (Å²) in [5.74, 6) is -0.224. The molecule has 1 N–H and O–H groups in total. The summed E-state index contributed by atoms with van der Waals surface area (Å²) in [5.41, 5.74) is 4.81. The summed E-state index contributed by atoms with van der Waals surface area (Å²) < 4.78 is 19.6. The van der Waals surface area contributed by atoms with Crippen LogP contribution in [0.1, 0.15) is 16.7 Å². The van der Waals surface area contributed by atoms with Crippen LogP contribution in [0.25, 0.3) is 0 Å². The molecule has 2 aromatic rings. The zero-order valence-corrected chi connectivity index (χ0v) is 14.4. The lowest BCUT2D eigenvalue weighted by Gasteiger charge is -2.07. The normalized spacial score (nSPS) is 10.8. The number of nitrogens with one attached hydrogen (secondary N) is 1. The quantitative estimate of drug-likeness (QED) is 0.636. The third kappa shape index (κ3) is 5.17. The SMILES string of the molecule is Cc1ccc(OCC(=O)N/N=C\c2cc(Br)ccc2F)cc1C. The smallest absolute Gasteiger partial charge is 0.277 e. The molecule has 0 aromatic heterocycles. The Labute approximate surface area is 142 Å². The molecule has 0 atom stereocenters. The number of hydrogen-bond donors (Lipinski definition) is 1. The van der Waals surface area contributed by atoms with Gasteiger partial charge in [0.25, 0.3) is 5.91 Å². The van der Waals surface area contributed by atoms with Crippen molar-refractivity contribution < 1.29 is 13.9 Å². The summed E-state index contributed by atoms with van der Waals surface area (Å²) in [6.07, 6.45) is 1.24. The average molecular weight is 379 g/mol. The van der Waals surface area contributed by atoms with E-state index in [2.05, 4.69) is 26.5 Å². The lowest BCUT2D eigenvalue weighted by molar-refractivity contribution is -0.123. The van der Waals surface area contributed by atoms with Gasteiger partial charge in [0.1, 0.15) is 11.6 Å². The van der Waals surface area contributed by atoms with Crippen molar-refractivity contribution in [2.45, 2.75) is 13.8 Å². The van der Waals surface area contributed by atoms with E-state index in [4.69, 9.17) is 4.74 Å². The molecule has 4 nitrogen and oxygen atoms in total. The van der Waals surface area contributed by atoms with E-state index in [1.165, 1.54) is 12.3 Å². The largest absolute Gasteiger partial charge is 0.484 e. The third-order valence-electron chi connectivity index (χ3n) is 3.20. The van der Waals surface area contributed by atoms with Crippen LogP contribution in [-0.2, 0) is 4.79 Å². The molecule has 0 aliphatic rings. The second kappa shape index (κ2) is 7.87. The number of aryl methyl sites for hydroxylation is 2. The molecule has 0 heterocycles. The van der Waals surface area contributed by atoms with Gasteiger partial charge in [0.2, 0.25) is 0 Å². The molecule has 0 aliphatic heterocycles. The van der Waals surface area contributed by atoms with Crippen LogP contribution in [0.15, 0.2) is 46.0 Å². The van der Waals surface area contributed by atoms with E-state index in [0.29, 0.717) is 5.75 Å². The van der Waals surface area contributed by atoms with Crippen molar-refractivity contribution in [3.05, 3.63) is 63.4 Å². The number of halogens is 2. The maximum absolute atomic E-state index is 13.5. The Kier molecular flexibility index (Phi) is 5.87. The summed E-state index contributed by atoms with van der Waals surface area (Å²) >= 11 is 3.24. The predicted molar refractivity (Wildman–Crippen MR) is 91.2 cm³/mol. The lowest BCUT2D eigenvalue weighted by Crippen LogP contribution is -2.24. The van der Waals surface area contributed by atoms with Crippen molar-refractivity contribution in [2.75, 3.05) is 6.61 Å². The number of benzene rings is 2. The van der Waals surface area contributed by atoms with Gasteiger partial charge in [-0.1, -0.05) is 22.0 Å². The molecular weight excluding hydrogens is 363 g/mol. The third-order valence-corrected chi connectivity index (χ3v) is 3.69. The van der Waals surface area contributed by atoms with Gasteiger partial charge in [0, 0.05) is 10.0 Å². The van der Waals surface area contributed by atoms with Gasteiger partial charge in [-0.3, -0.25) is 4.79 Å². The summed E-state index contributed by atoms with van der Waals surface area (Å²) in [6, 6.07) is 10.1. The highest BCUT2D eigenvalue weighted by atomic mass is 79.9. The minimum Gasteiger partial charge on any atom is -0.484 e. The molecule has 2 rings (SSSR count). The van der Waals surface area contributed by atoms with Gasteiger partial charge in [-0.25, -0.2) is 9.82 Å². The standard InChI is InChI=1S/C17H16BrFN2O2/c1-11-3-5-15(7-12(11)2)23-10-17(22)21-20-9-13-8-14(18)4-6-16(13)19/h3-9H,10H2,1-2H3,(H,21,22)/b20-9-. The van der Waals surface area contributed by atoms with Crippen molar-refractivity contribution >= 4 is 28.1 Å². The van der Waals surface area contributed by atoms with Crippen LogP contribution in [0.5, 0.6) is 5.75 Å². The first kappa shape index (κ1) is 17.1. The van der Waals surface area contributed by atoms with Crippen LogP contribution in [0, 0.1) is 19.7 Å². The van der Waals surface area contributed by atoms with Crippen LogP contribution in [0.2, 0.25) is 0 Å². The maximum Gasteiger partial charge on any atom is 0.277 e. The summed E-state index contributed by atoms with van der Waals surface area (Å²) in [4.78, 5) is 11.7. The zero-order chi connectivity index (χ0) is 16.8. The van der Waals surface area contributed by atoms with Crippen LogP contribution >= 0.6 is 15.9 Å². The fraction of sp³-hybridized carbons (Fsp3) is 0.176. The highest BCUT2D eigenvalue weighted by molar-refractivity contribution is 9.10. The first-order valence-corrected chi connectivity index (χ1v) is 7.72. The van der Waals surface area contributed by atoms with Crippen molar-refractivity contribution in [3.63, 3.8) is 0 Å². The van der Waals surface area contributed by atoms with E-state index in [1.807, 2.05) is 26.0 Å².